The van der Waals surface area contributed by atoms with Crippen molar-refractivity contribution in [2.75, 3.05) is 0 Å². The molecule has 0 fully saturated rings. The number of hydrogen-bond acceptors (Lipinski definition) is 4. The third-order valence-electron chi connectivity index (χ3n) is 4.19. The summed E-state index contributed by atoms with van der Waals surface area (Å²) >= 11 is 0. The molecule has 0 saturated carbocycles. The van der Waals surface area contributed by atoms with Gasteiger partial charge in [0.15, 0.2) is 0 Å². The zero-order valence-electron chi connectivity index (χ0n) is 15.4. The van der Waals surface area contributed by atoms with E-state index in [1.165, 1.54) is 0 Å². The Balaban J connectivity index is 1.97. The first-order valence-electron chi connectivity index (χ1n) is 8.68. The summed E-state index contributed by atoms with van der Waals surface area (Å²) in [4.78, 5) is 0. The van der Waals surface area contributed by atoms with Gasteiger partial charge in [-0.25, -0.2) is 26.3 Å². The standard InChI is InChI=1S/C18H11B3F6O4/c22-10-4-6-14(24)12(8-10)19(28)30-21(18-16(26)2-1-3-17(18)27)31-20(29)13-9-11(23)5-7-15(13)25/h1-9,28-29H. The number of hydrogen-bond donors (Lipinski definition) is 2. The van der Waals surface area contributed by atoms with Gasteiger partial charge in [-0.15, -0.1) is 0 Å². The van der Waals surface area contributed by atoms with Gasteiger partial charge in [-0.05, 0) is 48.5 Å². The van der Waals surface area contributed by atoms with Crippen molar-refractivity contribution in [3.8, 4) is 0 Å². The van der Waals surface area contributed by atoms with Gasteiger partial charge in [-0.3, -0.25) is 0 Å². The van der Waals surface area contributed by atoms with E-state index in [4.69, 9.17) is 9.14 Å². The quantitative estimate of drug-likeness (QED) is 0.428. The second-order valence-corrected chi connectivity index (χ2v) is 6.28. The van der Waals surface area contributed by atoms with Gasteiger partial charge in [0, 0.05) is 10.9 Å². The van der Waals surface area contributed by atoms with Crippen molar-refractivity contribution in [2.45, 2.75) is 0 Å². The van der Waals surface area contributed by atoms with Crippen LogP contribution in [0.1, 0.15) is 0 Å². The highest BCUT2D eigenvalue weighted by Crippen LogP contribution is 2.08. The first-order chi connectivity index (χ1) is 14.7. The first kappa shape index (κ1) is 22.9. The van der Waals surface area contributed by atoms with E-state index in [-0.39, 0.29) is 0 Å². The molecule has 0 bridgehead atoms. The fourth-order valence-corrected chi connectivity index (χ4v) is 2.69. The molecule has 0 amide bonds. The molecule has 0 saturated heterocycles. The molecule has 31 heavy (non-hydrogen) atoms. The monoisotopic (exact) mass is 438 g/mol. The number of benzene rings is 3. The van der Waals surface area contributed by atoms with E-state index in [1.807, 2.05) is 0 Å². The second-order valence-electron chi connectivity index (χ2n) is 6.28. The maximum absolute atomic E-state index is 14.3. The molecule has 0 spiro atoms. The smallest absolute Gasteiger partial charge is 0.444 e. The van der Waals surface area contributed by atoms with Crippen molar-refractivity contribution < 1.29 is 45.5 Å². The highest BCUT2D eigenvalue weighted by molar-refractivity contribution is 6.79. The first-order valence-corrected chi connectivity index (χ1v) is 8.68. The van der Waals surface area contributed by atoms with Crippen molar-refractivity contribution in [3.63, 3.8) is 0 Å². The summed E-state index contributed by atoms with van der Waals surface area (Å²) in [5, 5.41) is 20.3. The minimum atomic E-state index is -2.32. The molecular weight excluding hydrogens is 427 g/mol. The van der Waals surface area contributed by atoms with Crippen LogP contribution in [0.4, 0.5) is 26.3 Å². The Morgan fingerprint density at radius 3 is 1.42 bits per heavy atom. The number of halogens is 6. The van der Waals surface area contributed by atoms with Gasteiger partial charge < -0.3 is 19.2 Å². The average Bonchev–Trinajstić information content (AvgIpc) is 2.71. The van der Waals surface area contributed by atoms with Gasteiger partial charge in [0.25, 0.3) is 0 Å². The molecule has 3 aromatic rings. The molecule has 3 rings (SSSR count). The summed E-state index contributed by atoms with van der Waals surface area (Å²) in [5.41, 5.74) is -2.44. The lowest BCUT2D eigenvalue weighted by atomic mass is 9.66. The Hall–Kier alpha value is -2.73. The molecule has 158 valence electrons. The molecule has 0 unspecified atom stereocenters. The second kappa shape index (κ2) is 9.61. The molecule has 0 aliphatic rings. The molecule has 0 atom stereocenters. The molecule has 0 aliphatic carbocycles. The van der Waals surface area contributed by atoms with Crippen molar-refractivity contribution >= 4 is 37.7 Å². The van der Waals surface area contributed by atoms with Gasteiger partial charge in [0.2, 0.25) is 0 Å². The highest BCUT2D eigenvalue weighted by atomic mass is 19.2. The summed E-state index contributed by atoms with van der Waals surface area (Å²) < 4.78 is 93.1. The van der Waals surface area contributed by atoms with E-state index in [9.17, 15) is 36.4 Å². The predicted octanol–water partition coefficient (Wildman–Crippen LogP) is 1.02. The molecule has 0 aliphatic heterocycles. The van der Waals surface area contributed by atoms with E-state index in [2.05, 4.69) is 0 Å². The van der Waals surface area contributed by atoms with Crippen LogP contribution in [0.15, 0.2) is 54.6 Å². The fourth-order valence-electron chi connectivity index (χ4n) is 2.69. The summed E-state index contributed by atoms with van der Waals surface area (Å²) in [6.45, 7) is 0. The third kappa shape index (κ3) is 5.31. The Bertz CT molecular complexity index is 1010. The van der Waals surface area contributed by atoms with E-state index < -0.39 is 72.6 Å². The van der Waals surface area contributed by atoms with Crippen LogP contribution in [0.3, 0.4) is 0 Å². The molecule has 13 heteroatoms. The number of rotatable bonds is 7. The third-order valence-corrected chi connectivity index (χ3v) is 4.19. The molecule has 0 radical (unpaired) electrons. The Labute approximate surface area is 173 Å². The van der Waals surface area contributed by atoms with Crippen molar-refractivity contribution in [2.24, 2.45) is 0 Å². The molecule has 0 heterocycles. The van der Waals surface area contributed by atoms with Crippen LogP contribution in [0.25, 0.3) is 0 Å². The van der Waals surface area contributed by atoms with Gasteiger partial charge in [-0.2, -0.15) is 0 Å². The minimum Gasteiger partial charge on any atom is -0.444 e. The van der Waals surface area contributed by atoms with E-state index in [0.717, 1.165) is 30.3 Å². The zero-order chi connectivity index (χ0) is 22.7. The van der Waals surface area contributed by atoms with Gasteiger partial charge >= 0.3 is 21.4 Å². The fraction of sp³-hybridized carbons (Fsp3) is 0. The summed E-state index contributed by atoms with van der Waals surface area (Å²) in [6.07, 6.45) is 0. The summed E-state index contributed by atoms with van der Waals surface area (Å²) in [5.74, 6) is -6.62. The lowest BCUT2D eigenvalue weighted by Crippen LogP contribution is -2.54. The van der Waals surface area contributed by atoms with Crippen LogP contribution in [0.2, 0.25) is 0 Å². The maximum atomic E-state index is 14.3. The van der Waals surface area contributed by atoms with E-state index >= 15 is 0 Å². The lowest BCUT2D eigenvalue weighted by molar-refractivity contribution is 0.352. The highest BCUT2D eigenvalue weighted by Gasteiger charge is 2.38. The maximum Gasteiger partial charge on any atom is 0.480 e. The largest absolute Gasteiger partial charge is 0.480 e. The Morgan fingerprint density at radius 2 is 1.00 bits per heavy atom. The van der Waals surface area contributed by atoms with Crippen molar-refractivity contribution in [1.82, 2.24) is 0 Å². The Morgan fingerprint density at radius 1 is 0.581 bits per heavy atom. The molecule has 2 N–H and O–H groups in total. The predicted molar refractivity (Wildman–Crippen MR) is 102 cm³/mol. The van der Waals surface area contributed by atoms with E-state index in [0.29, 0.717) is 24.3 Å². The molecule has 4 nitrogen and oxygen atoms in total. The van der Waals surface area contributed by atoms with Gasteiger partial charge in [-0.1, -0.05) is 6.07 Å². The SMILES string of the molecule is OB(OB(OB(O)c1cc(F)ccc1F)c1c(F)cccc1F)c1cc(F)ccc1F. The molecule has 3 aromatic carbocycles. The van der Waals surface area contributed by atoms with Crippen molar-refractivity contribution in [1.29, 1.82) is 0 Å². The van der Waals surface area contributed by atoms with Crippen LogP contribution in [-0.2, 0) is 9.14 Å². The van der Waals surface area contributed by atoms with Crippen LogP contribution >= 0.6 is 0 Å². The minimum absolute atomic E-state index is 0.567. The molecular formula is C18H11B3F6O4. The van der Waals surface area contributed by atoms with Crippen LogP contribution in [-0.4, -0.2) is 31.4 Å². The topological polar surface area (TPSA) is 58.9 Å². The lowest BCUT2D eigenvalue weighted by Gasteiger charge is -2.21. The summed E-state index contributed by atoms with van der Waals surface area (Å²) in [7, 11) is -6.91. The Kier molecular flexibility index (Phi) is 7.11. The normalized spacial score (nSPS) is 10.8. The van der Waals surface area contributed by atoms with Crippen molar-refractivity contribution in [3.05, 3.63) is 89.5 Å². The van der Waals surface area contributed by atoms with Crippen LogP contribution in [0.5, 0.6) is 0 Å². The van der Waals surface area contributed by atoms with Crippen LogP contribution < -0.4 is 16.4 Å². The average molecular weight is 438 g/mol. The van der Waals surface area contributed by atoms with Gasteiger partial charge in [0.05, 0.1) is 5.46 Å². The zero-order valence-corrected chi connectivity index (χ0v) is 15.4. The molecule has 0 aromatic heterocycles. The van der Waals surface area contributed by atoms with E-state index in [1.54, 1.807) is 0 Å². The van der Waals surface area contributed by atoms with Gasteiger partial charge in [0.1, 0.15) is 34.9 Å². The summed E-state index contributed by atoms with van der Waals surface area (Å²) in [6, 6.07) is 6.58. The van der Waals surface area contributed by atoms with Crippen LogP contribution in [0, 0.1) is 34.9 Å².